The number of anilines is 1. The van der Waals surface area contributed by atoms with E-state index in [9.17, 15) is 13.6 Å². The third kappa shape index (κ3) is 3.53. The zero-order valence-corrected chi connectivity index (χ0v) is 14.0. The summed E-state index contributed by atoms with van der Waals surface area (Å²) in [6.45, 7) is -0.835. The highest BCUT2D eigenvalue weighted by Crippen LogP contribution is 2.31. The molecule has 0 radical (unpaired) electrons. The quantitative estimate of drug-likeness (QED) is 0.738. The van der Waals surface area contributed by atoms with Crippen LogP contribution in [0.15, 0.2) is 48.7 Å². The van der Waals surface area contributed by atoms with Gasteiger partial charge in [0.25, 0.3) is 5.91 Å². The lowest BCUT2D eigenvalue weighted by Gasteiger charge is -2.11. The highest BCUT2D eigenvalue weighted by Gasteiger charge is 2.17. The fraction of sp³-hybridized carbons (Fsp3) is 0.111. The van der Waals surface area contributed by atoms with E-state index in [0.29, 0.717) is 16.8 Å². The van der Waals surface area contributed by atoms with E-state index in [1.54, 1.807) is 37.4 Å². The Bertz CT molecular complexity index is 940. The molecule has 2 aromatic carbocycles. The smallest absolute Gasteiger partial charge is 0.259 e. The normalized spacial score (nSPS) is 10.7. The summed E-state index contributed by atoms with van der Waals surface area (Å²) in [6, 6.07) is 11.3. The number of nitrogens with zero attached hydrogens (tertiary/aromatic N) is 2. The number of aryl methyl sites for hydroxylation is 1. The second-order valence-electron chi connectivity index (χ2n) is 5.43. The number of aromatic nitrogens is 2. The number of carbonyl (C=O) groups excluding carboxylic acids is 1. The van der Waals surface area contributed by atoms with Crippen molar-refractivity contribution < 1.29 is 13.6 Å². The summed E-state index contributed by atoms with van der Waals surface area (Å²) in [5, 5.41) is 6.66. The van der Waals surface area contributed by atoms with Crippen LogP contribution in [-0.2, 0) is 13.7 Å². The van der Waals surface area contributed by atoms with Crippen LogP contribution in [0, 0.1) is 5.82 Å². The first-order valence-corrected chi connectivity index (χ1v) is 7.81. The van der Waals surface area contributed by atoms with E-state index < -0.39 is 18.4 Å². The van der Waals surface area contributed by atoms with Crippen LogP contribution in [0.3, 0.4) is 0 Å². The summed E-state index contributed by atoms with van der Waals surface area (Å²) in [5.41, 5.74) is 2.06. The number of hydrogen-bond acceptors (Lipinski definition) is 2. The minimum atomic E-state index is -0.835. The van der Waals surface area contributed by atoms with Crippen LogP contribution in [0.5, 0.6) is 0 Å². The van der Waals surface area contributed by atoms with Crippen LogP contribution < -0.4 is 5.32 Å². The Morgan fingerprint density at radius 2 is 2.04 bits per heavy atom. The van der Waals surface area contributed by atoms with Gasteiger partial charge in [-0.3, -0.25) is 9.48 Å². The predicted octanol–water partition coefficient (Wildman–Crippen LogP) is 4.60. The Morgan fingerprint density at radius 1 is 1.28 bits per heavy atom. The number of hydrogen-bond donors (Lipinski definition) is 1. The van der Waals surface area contributed by atoms with Gasteiger partial charge in [0, 0.05) is 24.5 Å². The van der Waals surface area contributed by atoms with Crippen molar-refractivity contribution >= 4 is 23.2 Å². The molecule has 0 aliphatic carbocycles. The molecule has 25 heavy (non-hydrogen) atoms. The first kappa shape index (κ1) is 17.1. The summed E-state index contributed by atoms with van der Waals surface area (Å²) < 4.78 is 27.8. The standard InChI is InChI=1S/C18H14ClF2N3O/c1-24-10-13(17(9-20)23-24)18(25)22-16-5-3-2-4-12(16)11-6-7-15(21)14(19)8-11/h2-8,10H,9H2,1H3,(H,22,25). The van der Waals surface area contributed by atoms with E-state index in [-0.39, 0.29) is 16.3 Å². The lowest BCUT2D eigenvalue weighted by Crippen LogP contribution is -2.13. The molecular formula is C18H14ClF2N3O. The molecule has 0 unspecified atom stereocenters. The maximum Gasteiger partial charge on any atom is 0.259 e. The number of amides is 1. The zero-order valence-electron chi connectivity index (χ0n) is 13.3. The van der Waals surface area contributed by atoms with Crippen LogP contribution in [-0.4, -0.2) is 15.7 Å². The van der Waals surface area contributed by atoms with Gasteiger partial charge in [-0.15, -0.1) is 0 Å². The maximum atomic E-state index is 13.4. The van der Waals surface area contributed by atoms with E-state index in [1.807, 2.05) is 0 Å². The van der Waals surface area contributed by atoms with Crippen LogP contribution in [0.4, 0.5) is 14.5 Å². The van der Waals surface area contributed by atoms with Crippen LogP contribution in [0.25, 0.3) is 11.1 Å². The van der Waals surface area contributed by atoms with Crippen molar-refractivity contribution in [3.8, 4) is 11.1 Å². The minimum Gasteiger partial charge on any atom is -0.321 e. The van der Waals surface area contributed by atoms with Gasteiger partial charge < -0.3 is 5.32 Å². The summed E-state index contributed by atoms with van der Waals surface area (Å²) in [5.74, 6) is -0.990. The summed E-state index contributed by atoms with van der Waals surface area (Å²) in [7, 11) is 1.62. The Morgan fingerprint density at radius 3 is 2.76 bits per heavy atom. The first-order chi connectivity index (χ1) is 12.0. The number of benzene rings is 2. The van der Waals surface area contributed by atoms with Crippen LogP contribution >= 0.6 is 11.6 Å². The molecule has 0 bridgehead atoms. The Balaban J connectivity index is 1.96. The fourth-order valence-electron chi connectivity index (χ4n) is 2.52. The molecule has 0 atom stereocenters. The van der Waals surface area contributed by atoms with Gasteiger partial charge in [-0.1, -0.05) is 35.9 Å². The Kier molecular flexibility index (Phi) is 4.81. The number of carbonyl (C=O) groups is 1. The van der Waals surface area contributed by atoms with E-state index >= 15 is 0 Å². The van der Waals surface area contributed by atoms with Gasteiger partial charge in [-0.2, -0.15) is 5.10 Å². The second kappa shape index (κ2) is 7.03. The molecule has 0 spiro atoms. The molecule has 7 heteroatoms. The lowest BCUT2D eigenvalue weighted by molar-refractivity contribution is 0.102. The fourth-order valence-corrected chi connectivity index (χ4v) is 2.70. The van der Waals surface area contributed by atoms with Crippen molar-refractivity contribution in [1.29, 1.82) is 0 Å². The van der Waals surface area contributed by atoms with Crippen molar-refractivity contribution in [2.45, 2.75) is 6.67 Å². The minimum absolute atomic E-state index is 0.00870. The average molecular weight is 362 g/mol. The zero-order chi connectivity index (χ0) is 18.0. The van der Waals surface area contributed by atoms with Gasteiger partial charge >= 0.3 is 0 Å². The number of para-hydroxylation sites is 1. The third-order valence-electron chi connectivity index (χ3n) is 3.68. The maximum absolute atomic E-state index is 13.4. The molecular weight excluding hydrogens is 348 g/mol. The molecule has 1 heterocycles. The molecule has 1 aromatic heterocycles. The molecule has 0 saturated carbocycles. The average Bonchev–Trinajstić information content (AvgIpc) is 2.99. The van der Waals surface area contributed by atoms with E-state index in [0.717, 1.165) is 0 Å². The van der Waals surface area contributed by atoms with Crippen molar-refractivity contribution in [3.05, 3.63) is 70.8 Å². The molecule has 1 amide bonds. The molecule has 3 rings (SSSR count). The van der Waals surface area contributed by atoms with Crippen molar-refractivity contribution in [2.75, 3.05) is 5.32 Å². The number of halogens is 3. The van der Waals surface area contributed by atoms with Gasteiger partial charge in [0.2, 0.25) is 0 Å². The molecule has 0 saturated heterocycles. The Labute approximate surface area is 148 Å². The molecule has 0 fully saturated rings. The first-order valence-electron chi connectivity index (χ1n) is 7.44. The molecule has 128 valence electrons. The van der Waals surface area contributed by atoms with Crippen LogP contribution in [0.2, 0.25) is 5.02 Å². The largest absolute Gasteiger partial charge is 0.321 e. The number of rotatable bonds is 4. The highest BCUT2D eigenvalue weighted by molar-refractivity contribution is 6.31. The monoisotopic (exact) mass is 361 g/mol. The molecule has 3 aromatic rings. The molecule has 4 nitrogen and oxygen atoms in total. The SMILES string of the molecule is Cn1cc(C(=O)Nc2ccccc2-c2ccc(F)c(Cl)c2)c(CF)n1. The van der Waals surface area contributed by atoms with Crippen LogP contribution in [0.1, 0.15) is 16.1 Å². The van der Waals surface area contributed by atoms with Gasteiger partial charge in [-0.05, 0) is 23.8 Å². The van der Waals surface area contributed by atoms with E-state index in [4.69, 9.17) is 11.6 Å². The third-order valence-corrected chi connectivity index (χ3v) is 3.97. The second-order valence-corrected chi connectivity index (χ2v) is 5.83. The predicted molar refractivity (Wildman–Crippen MR) is 92.8 cm³/mol. The number of alkyl halides is 1. The molecule has 1 N–H and O–H groups in total. The molecule has 0 aliphatic heterocycles. The summed E-state index contributed by atoms with van der Waals surface area (Å²) in [4.78, 5) is 12.5. The van der Waals surface area contributed by atoms with Gasteiger partial charge in [0.1, 0.15) is 18.2 Å². The van der Waals surface area contributed by atoms with Gasteiger partial charge in [-0.25, -0.2) is 8.78 Å². The van der Waals surface area contributed by atoms with Crippen molar-refractivity contribution in [2.24, 2.45) is 7.05 Å². The number of nitrogens with one attached hydrogen (secondary N) is 1. The van der Waals surface area contributed by atoms with Crippen molar-refractivity contribution in [3.63, 3.8) is 0 Å². The summed E-state index contributed by atoms with van der Waals surface area (Å²) in [6.07, 6.45) is 1.46. The molecule has 0 aliphatic rings. The summed E-state index contributed by atoms with van der Waals surface area (Å²) >= 11 is 5.84. The Hall–Kier alpha value is -2.73. The van der Waals surface area contributed by atoms with Gasteiger partial charge in [0.15, 0.2) is 0 Å². The van der Waals surface area contributed by atoms with Crippen molar-refractivity contribution in [1.82, 2.24) is 9.78 Å². The topological polar surface area (TPSA) is 46.9 Å². The lowest BCUT2D eigenvalue weighted by atomic mass is 10.0. The van der Waals surface area contributed by atoms with Gasteiger partial charge in [0.05, 0.1) is 10.6 Å². The van der Waals surface area contributed by atoms with E-state index in [2.05, 4.69) is 10.4 Å². The van der Waals surface area contributed by atoms with E-state index in [1.165, 1.54) is 23.0 Å². The highest BCUT2D eigenvalue weighted by atomic mass is 35.5.